The molecule has 2 aliphatic rings. The fourth-order valence-electron chi connectivity index (χ4n) is 5.61. The molecule has 2 fully saturated rings. The van der Waals surface area contributed by atoms with Gasteiger partial charge in [0, 0.05) is 13.1 Å². The normalized spacial score (nSPS) is 21.9. The third kappa shape index (κ3) is 9.40. The zero-order valence-electron chi connectivity index (χ0n) is 27.6. The molecular weight excluding hydrogens is 554 g/mol. The summed E-state index contributed by atoms with van der Waals surface area (Å²) in [6.45, 7) is 18.4. The Hall–Kier alpha value is -3.18. The average molecular weight is 608 g/mol. The van der Waals surface area contributed by atoms with E-state index in [1.54, 1.807) is 41.5 Å². The lowest BCUT2D eigenvalue weighted by molar-refractivity contribution is -0.158. The summed E-state index contributed by atoms with van der Waals surface area (Å²) in [6.07, 6.45) is 2.49. The molecule has 1 aliphatic carbocycles. The summed E-state index contributed by atoms with van der Waals surface area (Å²) in [4.78, 5) is 80.3. The van der Waals surface area contributed by atoms with E-state index in [0.717, 1.165) is 12.8 Å². The molecule has 244 valence electrons. The molecule has 4 N–H and O–H groups in total. The van der Waals surface area contributed by atoms with Gasteiger partial charge in [-0.1, -0.05) is 48.0 Å². The number of likely N-dealkylation sites (tertiary alicyclic amines) is 1. The van der Waals surface area contributed by atoms with Crippen LogP contribution in [0.1, 0.15) is 94.9 Å². The molecule has 1 aliphatic heterocycles. The van der Waals surface area contributed by atoms with Crippen LogP contribution in [-0.4, -0.2) is 83.3 Å². The minimum atomic E-state index is -1.02. The number of carbonyl (C=O) groups is 6. The van der Waals surface area contributed by atoms with Crippen LogP contribution >= 0.6 is 0 Å². The van der Waals surface area contributed by atoms with Crippen LogP contribution in [0.4, 0.5) is 4.79 Å². The van der Waals surface area contributed by atoms with E-state index in [4.69, 9.17) is 4.74 Å². The Kier molecular flexibility index (Phi) is 12.2. The number of urea groups is 1. The van der Waals surface area contributed by atoms with Gasteiger partial charge < -0.3 is 30.9 Å². The number of Topliss-reactive ketones (excluding diaryl/α,β-unsaturated/α-hetero) is 1. The van der Waals surface area contributed by atoms with E-state index >= 15 is 0 Å². The van der Waals surface area contributed by atoms with Crippen molar-refractivity contribution < 1.29 is 33.5 Å². The maximum absolute atomic E-state index is 14.1. The number of hydrogen-bond donors (Lipinski definition) is 4. The van der Waals surface area contributed by atoms with Crippen LogP contribution in [0.15, 0.2) is 0 Å². The Morgan fingerprint density at radius 2 is 1.53 bits per heavy atom. The van der Waals surface area contributed by atoms with Crippen LogP contribution in [0.2, 0.25) is 0 Å². The van der Waals surface area contributed by atoms with Gasteiger partial charge in [0.2, 0.25) is 17.6 Å². The second-order valence-corrected chi connectivity index (χ2v) is 14.2. The number of likely N-dealkylation sites (N-methyl/N-ethyl adjacent to an activating group) is 1. The molecule has 43 heavy (non-hydrogen) atoms. The molecule has 12 nitrogen and oxygen atoms in total. The molecule has 0 aromatic rings. The van der Waals surface area contributed by atoms with Crippen LogP contribution in [0.5, 0.6) is 0 Å². The van der Waals surface area contributed by atoms with E-state index in [1.807, 2.05) is 27.7 Å². The van der Waals surface area contributed by atoms with Gasteiger partial charge in [-0.15, -0.1) is 0 Å². The fraction of sp³-hybridized carbons (Fsp3) is 0.806. The Labute approximate surface area is 256 Å². The van der Waals surface area contributed by atoms with Crippen molar-refractivity contribution in [3.8, 4) is 0 Å². The van der Waals surface area contributed by atoms with E-state index < -0.39 is 70.7 Å². The molecule has 0 bridgehead atoms. The van der Waals surface area contributed by atoms with Crippen molar-refractivity contribution in [1.29, 1.82) is 0 Å². The SMILES string of the molecule is CCCC(NC(=O)[C@@H]1[C@H]2CC[C@H]2CN1C(=O)[C@@H](NC(=O)N[C@H](C(=O)OC(C)(C)C)C(C)C)C(C)(C)C)C(=O)C(=O)NCC. The van der Waals surface area contributed by atoms with Gasteiger partial charge in [0.05, 0.1) is 6.04 Å². The predicted octanol–water partition coefficient (Wildman–Crippen LogP) is 2.29. The minimum Gasteiger partial charge on any atom is -0.458 e. The second-order valence-electron chi connectivity index (χ2n) is 14.2. The molecule has 12 heteroatoms. The highest BCUT2D eigenvalue weighted by Gasteiger charge is 2.54. The number of ketones is 1. The van der Waals surface area contributed by atoms with Gasteiger partial charge >= 0.3 is 12.0 Å². The summed E-state index contributed by atoms with van der Waals surface area (Å²) >= 11 is 0. The highest BCUT2D eigenvalue weighted by atomic mass is 16.6. The van der Waals surface area contributed by atoms with E-state index in [1.165, 1.54) is 4.90 Å². The van der Waals surface area contributed by atoms with Gasteiger partial charge in [0.1, 0.15) is 23.7 Å². The maximum atomic E-state index is 14.1. The molecule has 2 rings (SSSR count). The largest absolute Gasteiger partial charge is 0.458 e. The zero-order chi connectivity index (χ0) is 32.9. The van der Waals surface area contributed by atoms with Crippen molar-refractivity contribution in [1.82, 2.24) is 26.2 Å². The summed E-state index contributed by atoms with van der Waals surface area (Å²) < 4.78 is 5.48. The van der Waals surface area contributed by atoms with Gasteiger partial charge in [0.25, 0.3) is 5.91 Å². The number of fused-ring (bicyclic) bond motifs is 1. The molecule has 6 atom stereocenters. The molecule has 5 amide bonds. The number of nitrogens with zero attached hydrogens (tertiary/aromatic N) is 1. The molecule has 0 spiro atoms. The number of amides is 5. The summed E-state index contributed by atoms with van der Waals surface area (Å²) in [5.41, 5.74) is -1.48. The molecule has 1 saturated heterocycles. The summed E-state index contributed by atoms with van der Waals surface area (Å²) in [5, 5.41) is 10.7. The molecule has 0 radical (unpaired) electrons. The number of ether oxygens (including phenoxy) is 1. The Morgan fingerprint density at radius 3 is 2.00 bits per heavy atom. The van der Waals surface area contributed by atoms with Crippen LogP contribution in [0, 0.1) is 23.2 Å². The monoisotopic (exact) mass is 607 g/mol. The van der Waals surface area contributed by atoms with Crippen LogP contribution in [-0.2, 0) is 28.7 Å². The van der Waals surface area contributed by atoms with Crippen LogP contribution < -0.4 is 21.3 Å². The van der Waals surface area contributed by atoms with Crippen LogP contribution in [0.3, 0.4) is 0 Å². The number of carbonyl (C=O) groups excluding carboxylic acids is 6. The van der Waals surface area contributed by atoms with E-state index in [0.29, 0.717) is 13.0 Å². The van der Waals surface area contributed by atoms with E-state index in [-0.39, 0.29) is 30.7 Å². The van der Waals surface area contributed by atoms with E-state index in [9.17, 15) is 28.8 Å². The highest BCUT2D eigenvalue weighted by molar-refractivity contribution is 6.38. The minimum absolute atomic E-state index is 0.0715. The van der Waals surface area contributed by atoms with Gasteiger partial charge in [-0.3, -0.25) is 19.2 Å². The van der Waals surface area contributed by atoms with Gasteiger partial charge in [-0.2, -0.15) is 0 Å². The van der Waals surface area contributed by atoms with E-state index in [2.05, 4.69) is 21.3 Å². The van der Waals surface area contributed by atoms with Gasteiger partial charge in [-0.05, 0) is 70.1 Å². The summed E-state index contributed by atoms with van der Waals surface area (Å²) in [7, 11) is 0. The summed E-state index contributed by atoms with van der Waals surface area (Å²) in [5.74, 6) is -3.15. The first-order valence-electron chi connectivity index (χ1n) is 15.5. The Bertz CT molecular complexity index is 1060. The van der Waals surface area contributed by atoms with Crippen molar-refractivity contribution in [2.75, 3.05) is 13.1 Å². The maximum Gasteiger partial charge on any atom is 0.329 e. The van der Waals surface area contributed by atoms with Gasteiger partial charge in [0.15, 0.2) is 0 Å². The average Bonchev–Trinajstić information content (AvgIpc) is 3.12. The first-order chi connectivity index (χ1) is 19.8. The van der Waals surface area contributed by atoms with Crippen molar-refractivity contribution in [2.24, 2.45) is 23.2 Å². The number of rotatable bonds is 12. The quantitative estimate of drug-likeness (QED) is 0.195. The summed E-state index contributed by atoms with van der Waals surface area (Å²) in [6, 6.07) is -4.48. The smallest absolute Gasteiger partial charge is 0.329 e. The lowest BCUT2D eigenvalue weighted by Crippen LogP contribution is -2.62. The third-order valence-electron chi connectivity index (χ3n) is 7.97. The van der Waals surface area contributed by atoms with Crippen molar-refractivity contribution in [3.63, 3.8) is 0 Å². The third-order valence-corrected chi connectivity index (χ3v) is 7.97. The number of nitrogens with one attached hydrogen (secondary N) is 4. The first-order valence-corrected chi connectivity index (χ1v) is 15.5. The highest BCUT2D eigenvalue weighted by Crippen LogP contribution is 2.45. The number of esters is 1. The van der Waals surface area contributed by atoms with Crippen LogP contribution in [0.25, 0.3) is 0 Å². The number of hydrogen-bond acceptors (Lipinski definition) is 7. The molecule has 0 aromatic heterocycles. The second kappa shape index (κ2) is 14.5. The fourth-order valence-corrected chi connectivity index (χ4v) is 5.61. The Balaban J connectivity index is 2.27. The topological polar surface area (TPSA) is 163 Å². The lowest BCUT2D eigenvalue weighted by Gasteiger charge is -2.37. The molecule has 1 saturated carbocycles. The van der Waals surface area contributed by atoms with Gasteiger partial charge in [-0.25, -0.2) is 9.59 Å². The molecule has 0 aromatic carbocycles. The molecular formula is C31H53N5O7. The Morgan fingerprint density at radius 1 is 0.907 bits per heavy atom. The van der Waals surface area contributed by atoms with Crippen molar-refractivity contribution >= 4 is 35.5 Å². The zero-order valence-corrected chi connectivity index (χ0v) is 27.6. The molecule has 1 heterocycles. The van der Waals surface area contributed by atoms with Crippen molar-refractivity contribution in [2.45, 2.75) is 125 Å². The predicted molar refractivity (Wildman–Crippen MR) is 162 cm³/mol. The lowest BCUT2D eigenvalue weighted by atomic mass is 9.73. The first kappa shape index (κ1) is 36.0. The van der Waals surface area contributed by atoms with Crippen molar-refractivity contribution in [3.05, 3.63) is 0 Å². The standard InChI is InChI=1S/C31H53N5O7/c1-11-13-20(23(37)26(39)32-12-2)33-25(38)22-19-15-14-18(19)16-36(22)27(40)24(30(5,6)7)35-29(42)34-21(17(3)4)28(41)43-31(8,9)10/h17-22,24H,11-16H2,1-10H3,(H,32,39)(H,33,38)(H2,34,35,42)/t18-,19-,20?,21-,22-,24+/m0/s1. The molecule has 1 unspecified atom stereocenters.